The molecule has 10 nitrogen and oxygen atoms in total. The van der Waals surface area contributed by atoms with Gasteiger partial charge < -0.3 is 30.0 Å². The molecule has 5 rings (SSSR count). The van der Waals surface area contributed by atoms with Crippen LogP contribution in [0.2, 0.25) is 0 Å². The summed E-state index contributed by atoms with van der Waals surface area (Å²) in [7, 11) is 0. The number of fused-ring (bicyclic) bond motifs is 2. The van der Waals surface area contributed by atoms with E-state index in [9.17, 15) is 32.3 Å². The Morgan fingerprint density at radius 3 is 2.49 bits per heavy atom. The average Bonchev–Trinajstić information content (AvgIpc) is 3.52. The van der Waals surface area contributed by atoms with Gasteiger partial charge in [0.1, 0.15) is 46.4 Å². The van der Waals surface area contributed by atoms with Crippen LogP contribution >= 0.6 is 0 Å². The van der Waals surface area contributed by atoms with E-state index >= 15 is 0 Å². The first-order valence-corrected chi connectivity index (χ1v) is 13.1. The summed E-state index contributed by atoms with van der Waals surface area (Å²) in [6.07, 6.45) is -2.60. The maximum atomic E-state index is 14.6. The number of carbonyl (C=O) groups excluding carboxylic acids is 2. The first-order chi connectivity index (χ1) is 20.1. The maximum Gasteiger partial charge on any atom is 0.424 e. The van der Waals surface area contributed by atoms with Gasteiger partial charge in [-0.3, -0.25) is 9.59 Å². The Bertz CT molecular complexity index is 1720. The average molecular weight is 602 g/mol. The molecule has 1 aromatic carbocycles. The summed E-state index contributed by atoms with van der Waals surface area (Å²) in [5.74, 6) is -2.03. The minimum absolute atomic E-state index is 0.0317. The highest BCUT2D eigenvalue weighted by Crippen LogP contribution is 2.47. The zero-order valence-electron chi connectivity index (χ0n) is 23.2. The molecule has 0 saturated carbocycles. The Morgan fingerprint density at radius 1 is 1.16 bits per heavy atom. The molecule has 3 aromatic heterocycles. The molecule has 226 valence electrons. The molecule has 4 aromatic rings. The molecular weight excluding hydrogens is 574 g/mol. The lowest BCUT2D eigenvalue weighted by atomic mass is 9.81. The van der Waals surface area contributed by atoms with E-state index in [1.165, 1.54) is 29.7 Å². The van der Waals surface area contributed by atoms with Crippen molar-refractivity contribution in [1.29, 1.82) is 0 Å². The fourth-order valence-corrected chi connectivity index (χ4v) is 4.66. The summed E-state index contributed by atoms with van der Waals surface area (Å²) in [5, 5.41) is 13.3. The first kappa shape index (κ1) is 29.8. The number of benzene rings is 1. The van der Waals surface area contributed by atoms with Crippen molar-refractivity contribution in [3.63, 3.8) is 0 Å². The molecule has 0 aliphatic carbocycles. The third kappa shape index (κ3) is 5.33. The van der Waals surface area contributed by atoms with E-state index in [4.69, 9.17) is 15.2 Å². The van der Waals surface area contributed by atoms with Crippen LogP contribution in [0.4, 0.5) is 17.6 Å². The Morgan fingerprint density at radius 2 is 1.86 bits per heavy atom. The van der Waals surface area contributed by atoms with E-state index in [0.717, 1.165) is 18.2 Å². The van der Waals surface area contributed by atoms with Crippen LogP contribution in [0, 0.1) is 5.82 Å². The number of primary amides is 1. The third-order valence-electron chi connectivity index (χ3n) is 7.16. The van der Waals surface area contributed by atoms with Crippen LogP contribution < -0.4 is 20.5 Å². The number of aromatic nitrogens is 3. The van der Waals surface area contributed by atoms with E-state index in [0.29, 0.717) is 11.4 Å². The number of hydrogen-bond acceptors (Lipinski definition) is 7. The second-order valence-corrected chi connectivity index (χ2v) is 10.7. The molecule has 4 N–H and O–H groups in total. The van der Waals surface area contributed by atoms with Gasteiger partial charge in [0.2, 0.25) is 11.5 Å². The molecule has 0 unspecified atom stereocenters. The molecule has 0 saturated heterocycles. The van der Waals surface area contributed by atoms with Crippen molar-refractivity contribution in [2.75, 3.05) is 13.2 Å². The Hall–Kier alpha value is -4.72. The van der Waals surface area contributed by atoms with Crippen LogP contribution in [0.1, 0.15) is 42.5 Å². The molecule has 2 atom stereocenters. The summed E-state index contributed by atoms with van der Waals surface area (Å²) in [4.78, 5) is 33.5. The number of hydrogen-bond donors (Lipinski definition) is 3. The highest BCUT2D eigenvalue weighted by molar-refractivity contribution is 5.93. The van der Waals surface area contributed by atoms with Gasteiger partial charge in [-0.2, -0.15) is 13.2 Å². The molecule has 2 amide bonds. The number of nitrogens with zero attached hydrogens (tertiary/aromatic N) is 3. The van der Waals surface area contributed by atoms with Gasteiger partial charge in [-0.25, -0.2) is 14.4 Å². The number of rotatable bonds is 8. The predicted octanol–water partition coefficient (Wildman–Crippen LogP) is 3.64. The highest BCUT2D eigenvalue weighted by Gasteiger charge is 2.57. The molecule has 1 aliphatic heterocycles. The van der Waals surface area contributed by atoms with Gasteiger partial charge in [-0.1, -0.05) is 0 Å². The minimum atomic E-state index is -5.35. The lowest BCUT2D eigenvalue weighted by molar-refractivity contribution is -0.265. The molecule has 0 fully saturated rings. The van der Waals surface area contributed by atoms with E-state index in [1.807, 2.05) is 13.8 Å². The number of halogens is 4. The summed E-state index contributed by atoms with van der Waals surface area (Å²) in [6, 6.07) is 8.77. The number of nitrogens with two attached hydrogens (primary N) is 1. The zero-order valence-corrected chi connectivity index (χ0v) is 23.2. The van der Waals surface area contributed by atoms with Crippen LogP contribution in [-0.4, -0.2) is 56.7 Å². The molecule has 14 heteroatoms. The van der Waals surface area contributed by atoms with Gasteiger partial charge in [0.25, 0.3) is 5.91 Å². The lowest BCUT2D eigenvalue weighted by Crippen LogP contribution is -2.52. The molecule has 43 heavy (non-hydrogen) atoms. The van der Waals surface area contributed by atoms with Crippen molar-refractivity contribution < 1.29 is 41.7 Å². The fraction of sp³-hybridized carbons (Fsp3) is 0.310. The normalized spacial score (nSPS) is 17.8. The van der Waals surface area contributed by atoms with Crippen molar-refractivity contribution >= 4 is 17.5 Å². The number of ether oxygens (including phenoxy) is 2. The number of aliphatic hydroxyl groups is 1. The maximum absolute atomic E-state index is 14.6. The topological polar surface area (TPSA) is 141 Å². The Labute approximate surface area is 242 Å². The smallest absolute Gasteiger partial charge is 0.424 e. The quantitative estimate of drug-likeness (QED) is 0.262. The fourth-order valence-electron chi connectivity index (χ4n) is 4.66. The number of imidazole rings is 1. The Kier molecular flexibility index (Phi) is 7.28. The van der Waals surface area contributed by atoms with Gasteiger partial charge in [0.15, 0.2) is 0 Å². The number of alkyl halides is 3. The van der Waals surface area contributed by atoms with Crippen molar-refractivity contribution in [3.8, 4) is 22.8 Å². The molecule has 0 bridgehead atoms. The van der Waals surface area contributed by atoms with Gasteiger partial charge >= 0.3 is 6.18 Å². The molecule has 0 radical (unpaired) electrons. The van der Waals surface area contributed by atoms with Gasteiger partial charge in [0, 0.05) is 17.3 Å². The van der Waals surface area contributed by atoms with Gasteiger partial charge in [0.05, 0.1) is 24.5 Å². The van der Waals surface area contributed by atoms with Crippen LogP contribution in [0.15, 0.2) is 54.9 Å². The molecule has 4 heterocycles. The zero-order chi connectivity index (χ0) is 31.3. The van der Waals surface area contributed by atoms with E-state index in [1.54, 1.807) is 18.3 Å². The third-order valence-corrected chi connectivity index (χ3v) is 7.16. The second kappa shape index (κ2) is 10.5. The standard InChI is InChI=1S/C29H27F4N5O5/c1-15(2)43-18-8-9-22-36-20(12-38(22)11-18)25(39)35-13-28(41,29(31,32)33)21-10-19-24(42-14-27(19,3)26(34)40)23(37-21)16-4-6-17(30)7-5-16/h4-12,15,41H,13-14H2,1-3H3,(H2,34,40)(H,35,39)/t27-,28-/m0/s1. The summed E-state index contributed by atoms with van der Waals surface area (Å²) >= 11 is 0. The number of carbonyl (C=O) groups is 2. The summed E-state index contributed by atoms with van der Waals surface area (Å²) in [5.41, 5.74) is -0.579. The summed E-state index contributed by atoms with van der Waals surface area (Å²) in [6.45, 7) is 3.40. The van der Waals surface area contributed by atoms with Crippen molar-refractivity contribution in [3.05, 3.63) is 77.6 Å². The lowest BCUT2D eigenvalue weighted by Gasteiger charge is -2.31. The van der Waals surface area contributed by atoms with Crippen LogP contribution in [0.5, 0.6) is 11.5 Å². The number of amides is 2. The predicted molar refractivity (Wildman–Crippen MR) is 145 cm³/mol. The van der Waals surface area contributed by atoms with Crippen molar-refractivity contribution in [1.82, 2.24) is 19.7 Å². The van der Waals surface area contributed by atoms with Gasteiger partial charge in [-0.05, 0) is 63.2 Å². The van der Waals surface area contributed by atoms with E-state index in [-0.39, 0.29) is 41.0 Å². The van der Waals surface area contributed by atoms with E-state index in [2.05, 4.69) is 15.3 Å². The van der Waals surface area contributed by atoms with Gasteiger partial charge in [-0.15, -0.1) is 0 Å². The largest absolute Gasteiger partial charge is 0.489 e. The van der Waals surface area contributed by atoms with Crippen molar-refractivity contribution in [2.24, 2.45) is 5.73 Å². The first-order valence-electron chi connectivity index (χ1n) is 13.1. The monoisotopic (exact) mass is 601 g/mol. The SMILES string of the molecule is CC(C)Oc1ccc2nc(C(=O)NC[C@](O)(c3cc4c(c(-c5ccc(F)cc5)n3)OC[C@]4(C)C(N)=O)C(F)(F)F)cn2c1. The Balaban J connectivity index is 1.53. The minimum Gasteiger partial charge on any atom is -0.489 e. The van der Waals surface area contributed by atoms with E-state index < -0.39 is 47.1 Å². The number of pyridine rings is 2. The molecule has 0 spiro atoms. The highest BCUT2D eigenvalue weighted by atomic mass is 19.4. The summed E-state index contributed by atoms with van der Waals surface area (Å²) < 4.78 is 70.2. The van der Waals surface area contributed by atoms with Crippen LogP contribution in [0.3, 0.4) is 0 Å². The molecule has 1 aliphatic rings. The van der Waals surface area contributed by atoms with Crippen LogP contribution in [0.25, 0.3) is 16.9 Å². The second-order valence-electron chi connectivity index (χ2n) is 10.7. The number of nitrogens with one attached hydrogen (secondary N) is 1. The van der Waals surface area contributed by atoms with Crippen LogP contribution in [-0.2, 0) is 15.8 Å². The van der Waals surface area contributed by atoms with Crippen molar-refractivity contribution in [2.45, 2.75) is 44.1 Å². The molecular formula is C29H27F4N5O5.